The molecule has 2 nitrogen and oxygen atoms in total. The summed E-state index contributed by atoms with van der Waals surface area (Å²) in [5.41, 5.74) is 0. The van der Waals surface area contributed by atoms with Gasteiger partial charge in [0.05, 0.1) is 0 Å². The Labute approximate surface area is 91.4 Å². The second-order valence-corrected chi connectivity index (χ2v) is 5.24. The van der Waals surface area contributed by atoms with Crippen molar-refractivity contribution in [3.05, 3.63) is 0 Å². The minimum absolute atomic E-state index is 0.363. The molecule has 1 saturated heterocycles. The van der Waals surface area contributed by atoms with Crippen LogP contribution in [0.2, 0.25) is 0 Å². The summed E-state index contributed by atoms with van der Waals surface area (Å²) >= 11 is 1.85. The molecule has 1 unspecified atom stereocenters. The molecule has 0 aromatic rings. The van der Waals surface area contributed by atoms with Crippen LogP contribution in [0.25, 0.3) is 0 Å². The Morgan fingerprint density at radius 3 is 2.86 bits per heavy atom. The second-order valence-electron chi connectivity index (χ2n) is 3.85. The highest BCUT2D eigenvalue weighted by Gasteiger charge is 2.24. The van der Waals surface area contributed by atoms with E-state index in [4.69, 9.17) is 0 Å². The minimum atomic E-state index is 0.363. The quantitative estimate of drug-likeness (QED) is 0.656. The molecule has 1 heterocycles. The Morgan fingerprint density at radius 2 is 2.29 bits per heavy atom. The molecule has 3 heteroatoms. The van der Waals surface area contributed by atoms with Gasteiger partial charge in [-0.15, -0.1) is 0 Å². The van der Waals surface area contributed by atoms with E-state index in [-0.39, 0.29) is 0 Å². The van der Waals surface area contributed by atoms with E-state index in [0.29, 0.717) is 5.91 Å². The highest BCUT2D eigenvalue weighted by molar-refractivity contribution is 7.99. The number of likely N-dealkylation sites (tertiary alicyclic amines) is 1. The number of amides is 1. The number of hydrogen-bond donors (Lipinski definition) is 0. The first kappa shape index (κ1) is 11.9. The third-order valence-corrected chi connectivity index (χ3v) is 3.78. The summed E-state index contributed by atoms with van der Waals surface area (Å²) in [6, 6.07) is 0. The number of thioether (sulfide) groups is 1. The van der Waals surface area contributed by atoms with E-state index in [1.165, 1.54) is 12.8 Å². The van der Waals surface area contributed by atoms with Gasteiger partial charge in [0.1, 0.15) is 0 Å². The molecular formula is C11H21NOS. The summed E-state index contributed by atoms with van der Waals surface area (Å²) in [4.78, 5) is 13.7. The van der Waals surface area contributed by atoms with Crippen molar-refractivity contribution in [2.75, 3.05) is 24.6 Å². The van der Waals surface area contributed by atoms with Gasteiger partial charge in [0, 0.05) is 25.3 Å². The predicted octanol–water partition coefficient (Wildman–Crippen LogP) is 2.39. The van der Waals surface area contributed by atoms with E-state index in [1.807, 2.05) is 16.7 Å². The van der Waals surface area contributed by atoms with Crippen molar-refractivity contribution in [3.8, 4) is 0 Å². The molecule has 1 atom stereocenters. The van der Waals surface area contributed by atoms with Crippen LogP contribution in [0.3, 0.4) is 0 Å². The van der Waals surface area contributed by atoms with Gasteiger partial charge >= 0.3 is 0 Å². The van der Waals surface area contributed by atoms with E-state index in [0.717, 1.165) is 36.9 Å². The lowest BCUT2D eigenvalue weighted by molar-refractivity contribution is -0.129. The Kier molecular flexibility index (Phi) is 5.38. The van der Waals surface area contributed by atoms with Crippen molar-refractivity contribution < 1.29 is 4.79 Å². The number of carbonyl (C=O) groups is 1. The lowest BCUT2D eigenvalue weighted by Crippen LogP contribution is -2.28. The molecule has 0 aromatic heterocycles. The number of carbonyl (C=O) groups excluding carboxylic acids is 1. The molecular weight excluding hydrogens is 194 g/mol. The molecule has 1 aliphatic heterocycles. The molecule has 0 N–H and O–H groups in total. The van der Waals surface area contributed by atoms with Crippen molar-refractivity contribution in [3.63, 3.8) is 0 Å². The molecule has 14 heavy (non-hydrogen) atoms. The van der Waals surface area contributed by atoms with Gasteiger partial charge < -0.3 is 4.90 Å². The van der Waals surface area contributed by atoms with Crippen LogP contribution >= 0.6 is 11.8 Å². The molecule has 1 fully saturated rings. The van der Waals surface area contributed by atoms with E-state index in [2.05, 4.69) is 13.8 Å². The highest BCUT2D eigenvalue weighted by Crippen LogP contribution is 2.19. The SMILES string of the molecule is CCSCCC(=O)N1CCC(CC)C1. The fourth-order valence-corrected chi connectivity index (χ4v) is 2.46. The van der Waals surface area contributed by atoms with Crippen molar-refractivity contribution in [2.45, 2.75) is 33.1 Å². The molecule has 0 aliphatic carbocycles. The molecule has 0 aromatic carbocycles. The minimum Gasteiger partial charge on any atom is -0.342 e. The van der Waals surface area contributed by atoms with Gasteiger partial charge in [0.15, 0.2) is 0 Å². The summed E-state index contributed by atoms with van der Waals surface area (Å²) in [7, 11) is 0. The van der Waals surface area contributed by atoms with Crippen LogP contribution in [0.1, 0.15) is 33.1 Å². The van der Waals surface area contributed by atoms with Crippen LogP contribution in [0.5, 0.6) is 0 Å². The summed E-state index contributed by atoms with van der Waals surface area (Å²) in [6.45, 7) is 6.35. The highest BCUT2D eigenvalue weighted by atomic mass is 32.2. The first-order chi connectivity index (χ1) is 6.77. The Balaban J connectivity index is 2.18. The average Bonchev–Trinajstić information content (AvgIpc) is 2.66. The van der Waals surface area contributed by atoms with Crippen molar-refractivity contribution in [1.29, 1.82) is 0 Å². The van der Waals surface area contributed by atoms with E-state index < -0.39 is 0 Å². The number of rotatable bonds is 5. The molecule has 0 bridgehead atoms. The first-order valence-corrected chi connectivity index (χ1v) is 6.78. The second kappa shape index (κ2) is 6.33. The Hall–Kier alpha value is -0.180. The number of hydrogen-bond acceptors (Lipinski definition) is 2. The smallest absolute Gasteiger partial charge is 0.223 e. The molecule has 0 spiro atoms. The zero-order chi connectivity index (χ0) is 10.4. The third-order valence-electron chi connectivity index (χ3n) is 2.88. The molecule has 1 amide bonds. The van der Waals surface area contributed by atoms with E-state index >= 15 is 0 Å². The van der Waals surface area contributed by atoms with Crippen LogP contribution in [-0.2, 0) is 4.79 Å². The van der Waals surface area contributed by atoms with Crippen LogP contribution in [0, 0.1) is 5.92 Å². The molecule has 1 aliphatic rings. The molecule has 0 saturated carbocycles. The maximum Gasteiger partial charge on any atom is 0.223 e. The van der Waals surface area contributed by atoms with Crippen LogP contribution in [0.4, 0.5) is 0 Å². The molecule has 1 rings (SSSR count). The standard InChI is InChI=1S/C11H21NOS/c1-3-10-5-7-12(9-10)11(13)6-8-14-4-2/h10H,3-9H2,1-2H3. The zero-order valence-corrected chi connectivity index (χ0v) is 10.1. The summed E-state index contributed by atoms with van der Waals surface area (Å²) in [5.74, 6) is 3.23. The third kappa shape index (κ3) is 3.52. The first-order valence-electron chi connectivity index (χ1n) is 5.63. The summed E-state index contributed by atoms with van der Waals surface area (Å²) in [5, 5.41) is 0. The molecule has 0 radical (unpaired) electrons. The maximum atomic E-state index is 11.7. The topological polar surface area (TPSA) is 20.3 Å². The van der Waals surface area contributed by atoms with E-state index in [9.17, 15) is 4.79 Å². The van der Waals surface area contributed by atoms with Crippen molar-refractivity contribution in [2.24, 2.45) is 5.92 Å². The maximum absolute atomic E-state index is 11.7. The van der Waals surface area contributed by atoms with Gasteiger partial charge in [-0.1, -0.05) is 20.3 Å². The largest absolute Gasteiger partial charge is 0.342 e. The van der Waals surface area contributed by atoms with E-state index in [1.54, 1.807) is 0 Å². The fraction of sp³-hybridized carbons (Fsp3) is 0.909. The predicted molar refractivity (Wildman–Crippen MR) is 62.6 cm³/mol. The lowest BCUT2D eigenvalue weighted by atomic mass is 10.1. The van der Waals surface area contributed by atoms with Crippen LogP contribution in [0.15, 0.2) is 0 Å². The van der Waals surface area contributed by atoms with Gasteiger partial charge in [0.2, 0.25) is 5.91 Å². The normalized spacial score (nSPS) is 21.6. The van der Waals surface area contributed by atoms with Gasteiger partial charge in [-0.05, 0) is 18.1 Å². The van der Waals surface area contributed by atoms with Crippen molar-refractivity contribution in [1.82, 2.24) is 4.90 Å². The number of nitrogens with zero attached hydrogens (tertiary/aromatic N) is 1. The summed E-state index contributed by atoms with van der Waals surface area (Å²) in [6.07, 6.45) is 3.16. The molecule has 82 valence electrons. The average molecular weight is 215 g/mol. The zero-order valence-electron chi connectivity index (χ0n) is 9.29. The Bertz CT molecular complexity index is 184. The van der Waals surface area contributed by atoms with Crippen molar-refractivity contribution >= 4 is 17.7 Å². The lowest BCUT2D eigenvalue weighted by Gasteiger charge is -2.15. The fourth-order valence-electron chi connectivity index (χ4n) is 1.85. The van der Waals surface area contributed by atoms with Crippen LogP contribution < -0.4 is 0 Å². The van der Waals surface area contributed by atoms with Crippen LogP contribution in [-0.4, -0.2) is 35.4 Å². The Morgan fingerprint density at radius 1 is 1.50 bits per heavy atom. The summed E-state index contributed by atoms with van der Waals surface area (Å²) < 4.78 is 0. The van der Waals surface area contributed by atoms with Gasteiger partial charge in [-0.25, -0.2) is 0 Å². The van der Waals surface area contributed by atoms with Gasteiger partial charge in [0.25, 0.3) is 0 Å². The monoisotopic (exact) mass is 215 g/mol. The van der Waals surface area contributed by atoms with Gasteiger partial charge in [-0.2, -0.15) is 11.8 Å². The van der Waals surface area contributed by atoms with Gasteiger partial charge in [-0.3, -0.25) is 4.79 Å².